The van der Waals surface area contributed by atoms with Crippen molar-refractivity contribution >= 4 is 17.6 Å². The number of hydrogen-bond acceptors (Lipinski definition) is 6. The number of aromatic nitrogens is 3. The van der Waals surface area contributed by atoms with E-state index in [4.69, 9.17) is 0 Å². The number of carbonyl (C=O) groups is 2. The molecule has 3 heterocycles. The first-order valence-corrected chi connectivity index (χ1v) is 9.52. The van der Waals surface area contributed by atoms with Gasteiger partial charge in [-0.05, 0) is 25.0 Å². The van der Waals surface area contributed by atoms with Gasteiger partial charge in [-0.1, -0.05) is 0 Å². The number of carbonyl (C=O) groups excluding carboxylic acids is 2. The van der Waals surface area contributed by atoms with Gasteiger partial charge in [0.25, 0.3) is 0 Å². The van der Waals surface area contributed by atoms with E-state index in [1.807, 2.05) is 0 Å². The van der Waals surface area contributed by atoms with Crippen LogP contribution < -0.4 is 10.2 Å². The number of rotatable bonds is 3. The Morgan fingerprint density at radius 2 is 1.70 bits per heavy atom. The second-order valence-electron chi connectivity index (χ2n) is 7.20. The van der Waals surface area contributed by atoms with Gasteiger partial charge in [-0.15, -0.1) is 0 Å². The molecule has 0 bridgehead atoms. The summed E-state index contributed by atoms with van der Waals surface area (Å²) in [4.78, 5) is 39.1. The zero-order valence-electron chi connectivity index (χ0n) is 15.9. The molecule has 2 aromatic heterocycles. The first-order chi connectivity index (χ1) is 14.3. The lowest BCUT2D eigenvalue weighted by molar-refractivity contribution is -0.146. The molecule has 158 valence electrons. The number of nitrogens with zero attached hydrogens (tertiary/aromatic N) is 5. The lowest BCUT2D eigenvalue weighted by Gasteiger charge is -2.35. The van der Waals surface area contributed by atoms with Gasteiger partial charge in [0.1, 0.15) is 5.82 Å². The Balaban J connectivity index is 1.51. The van der Waals surface area contributed by atoms with E-state index in [0.717, 1.165) is 18.9 Å². The molecule has 1 saturated heterocycles. The Kier molecular flexibility index (Phi) is 5.27. The van der Waals surface area contributed by atoms with Crippen LogP contribution in [0.2, 0.25) is 0 Å². The third-order valence-corrected chi connectivity index (χ3v) is 4.94. The number of alkyl halides is 3. The average Bonchev–Trinajstić information content (AvgIpc) is 3.57. The molecule has 2 aromatic rings. The van der Waals surface area contributed by atoms with E-state index in [-0.39, 0.29) is 43.9 Å². The maximum Gasteiger partial charge on any atom is 0.433 e. The van der Waals surface area contributed by atoms with Crippen molar-refractivity contribution in [3.8, 4) is 11.4 Å². The van der Waals surface area contributed by atoms with Gasteiger partial charge in [0.15, 0.2) is 11.5 Å². The zero-order chi connectivity index (χ0) is 21.3. The molecule has 0 spiro atoms. The summed E-state index contributed by atoms with van der Waals surface area (Å²) in [5, 5.41) is 2.65. The van der Waals surface area contributed by atoms with E-state index in [9.17, 15) is 22.8 Å². The van der Waals surface area contributed by atoms with E-state index >= 15 is 0 Å². The molecule has 2 fully saturated rings. The number of pyridine rings is 1. The maximum atomic E-state index is 13.4. The second-order valence-corrected chi connectivity index (χ2v) is 7.20. The molecule has 30 heavy (non-hydrogen) atoms. The molecule has 0 unspecified atom stereocenters. The number of anilines is 1. The molecule has 1 N–H and O–H groups in total. The zero-order valence-corrected chi connectivity index (χ0v) is 15.9. The number of nitrogens with one attached hydrogen (secondary N) is 1. The average molecular weight is 420 g/mol. The Bertz CT molecular complexity index is 941. The van der Waals surface area contributed by atoms with Gasteiger partial charge in [-0.25, -0.2) is 9.97 Å². The summed E-state index contributed by atoms with van der Waals surface area (Å²) < 4.78 is 40.1. The van der Waals surface area contributed by atoms with Crippen LogP contribution in [0, 0.1) is 0 Å². The summed E-state index contributed by atoms with van der Waals surface area (Å²) in [6, 6.07) is 4.06. The first kappa shape index (κ1) is 20.0. The number of hydrogen-bond donors (Lipinski definition) is 1. The third kappa shape index (κ3) is 4.50. The van der Waals surface area contributed by atoms with Gasteiger partial charge in [0.2, 0.25) is 0 Å². The molecule has 2 aliphatic rings. The number of halogens is 3. The predicted molar refractivity (Wildman–Crippen MR) is 100 cm³/mol. The summed E-state index contributed by atoms with van der Waals surface area (Å²) in [6.45, 7) is 0.943. The fraction of sp³-hybridized carbons (Fsp3) is 0.421. The molecule has 1 aliphatic carbocycles. The largest absolute Gasteiger partial charge is 0.433 e. The summed E-state index contributed by atoms with van der Waals surface area (Å²) >= 11 is 0. The van der Waals surface area contributed by atoms with Crippen LogP contribution in [0.5, 0.6) is 0 Å². The first-order valence-electron chi connectivity index (χ1n) is 9.52. The molecule has 8 nitrogen and oxygen atoms in total. The van der Waals surface area contributed by atoms with Crippen molar-refractivity contribution in [3.05, 3.63) is 36.3 Å². The summed E-state index contributed by atoms with van der Waals surface area (Å²) in [5.41, 5.74) is -0.621. The minimum atomic E-state index is -4.63. The molecule has 1 saturated carbocycles. The molecule has 0 atom stereocenters. The smallest absolute Gasteiger partial charge is 0.353 e. The molecule has 2 amide bonds. The van der Waals surface area contributed by atoms with Crippen LogP contribution in [0.1, 0.15) is 18.5 Å². The van der Waals surface area contributed by atoms with Gasteiger partial charge < -0.3 is 15.1 Å². The van der Waals surface area contributed by atoms with Crippen LogP contribution >= 0.6 is 0 Å². The van der Waals surface area contributed by atoms with E-state index in [0.29, 0.717) is 5.56 Å². The van der Waals surface area contributed by atoms with Gasteiger partial charge in [0, 0.05) is 56.2 Å². The molecule has 0 radical (unpaired) electrons. The highest BCUT2D eigenvalue weighted by atomic mass is 19.4. The Morgan fingerprint density at radius 1 is 1.03 bits per heavy atom. The molecular formula is C19H19F3N6O2. The molecule has 0 aromatic carbocycles. The highest BCUT2D eigenvalue weighted by Gasteiger charge is 2.35. The fourth-order valence-corrected chi connectivity index (χ4v) is 3.13. The van der Waals surface area contributed by atoms with E-state index in [1.54, 1.807) is 4.90 Å². The van der Waals surface area contributed by atoms with Crippen molar-refractivity contribution in [1.82, 2.24) is 25.2 Å². The van der Waals surface area contributed by atoms with Crippen LogP contribution in [0.4, 0.5) is 19.0 Å². The monoisotopic (exact) mass is 420 g/mol. The maximum absolute atomic E-state index is 13.4. The third-order valence-electron chi connectivity index (χ3n) is 4.94. The fourth-order valence-electron chi connectivity index (χ4n) is 3.13. The normalized spacial score (nSPS) is 17.0. The van der Waals surface area contributed by atoms with Crippen molar-refractivity contribution in [2.24, 2.45) is 0 Å². The van der Waals surface area contributed by atoms with Crippen LogP contribution in [0.3, 0.4) is 0 Å². The highest BCUT2D eigenvalue weighted by molar-refractivity contribution is 6.35. The second kappa shape index (κ2) is 7.88. The van der Waals surface area contributed by atoms with Crippen LogP contribution in [-0.2, 0) is 15.8 Å². The van der Waals surface area contributed by atoms with Crippen molar-refractivity contribution in [2.45, 2.75) is 25.1 Å². The van der Waals surface area contributed by atoms with Crippen LogP contribution in [0.15, 0.2) is 30.6 Å². The van der Waals surface area contributed by atoms with Gasteiger partial charge in [0.05, 0.1) is 0 Å². The van der Waals surface area contributed by atoms with Crippen molar-refractivity contribution in [1.29, 1.82) is 0 Å². The Hall–Kier alpha value is -3.24. The van der Waals surface area contributed by atoms with E-state index in [1.165, 1.54) is 29.4 Å². The van der Waals surface area contributed by atoms with Gasteiger partial charge in [-0.3, -0.25) is 14.6 Å². The Morgan fingerprint density at radius 3 is 2.30 bits per heavy atom. The van der Waals surface area contributed by atoms with E-state index in [2.05, 4.69) is 20.3 Å². The summed E-state index contributed by atoms with van der Waals surface area (Å²) in [5.74, 6) is -1.17. The number of piperazine rings is 1. The van der Waals surface area contributed by atoms with Crippen LogP contribution in [0.25, 0.3) is 11.4 Å². The molecule has 1 aliphatic heterocycles. The minimum absolute atomic E-state index is 0.0513. The van der Waals surface area contributed by atoms with Crippen molar-refractivity contribution < 1.29 is 22.8 Å². The number of amides is 2. The standard InChI is InChI=1S/C19H19F3N6O2/c20-19(21,22)14-11-15(26-16(25-14)12-3-5-23-6-4-12)27-7-9-28(10-8-27)18(30)17(29)24-13-1-2-13/h3-6,11,13H,1-2,7-10H2,(H,24,29). The van der Waals surface area contributed by atoms with Crippen molar-refractivity contribution in [3.63, 3.8) is 0 Å². The minimum Gasteiger partial charge on any atom is -0.353 e. The molecule has 4 rings (SSSR count). The Labute approximate surface area is 170 Å². The predicted octanol–water partition coefficient (Wildman–Crippen LogP) is 1.48. The summed E-state index contributed by atoms with van der Waals surface area (Å²) in [6.07, 6.45) is 0.0350. The highest BCUT2D eigenvalue weighted by Crippen LogP contribution is 2.32. The summed E-state index contributed by atoms with van der Waals surface area (Å²) in [7, 11) is 0. The quantitative estimate of drug-likeness (QED) is 0.757. The van der Waals surface area contributed by atoms with Crippen LogP contribution in [-0.4, -0.2) is 63.9 Å². The van der Waals surface area contributed by atoms with Crippen molar-refractivity contribution in [2.75, 3.05) is 31.1 Å². The van der Waals surface area contributed by atoms with E-state index < -0.39 is 23.7 Å². The SMILES string of the molecule is O=C(NC1CC1)C(=O)N1CCN(c2cc(C(F)(F)F)nc(-c3ccncc3)n2)CC1. The lowest BCUT2D eigenvalue weighted by atomic mass is 10.2. The van der Waals surface area contributed by atoms with Gasteiger partial charge in [-0.2, -0.15) is 13.2 Å². The molecule has 11 heteroatoms. The molecular weight excluding hydrogens is 401 g/mol. The van der Waals surface area contributed by atoms with Gasteiger partial charge >= 0.3 is 18.0 Å². The topological polar surface area (TPSA) is 91.3 Å². The lowest BCUT2D eigenvalue weighted by Crippen LogP contribution is -2.53.